The van der Waals surface area contributed by atoms with Gasteiger partial charge in [-0.15, -0.1) is 0 Å². The predicted octanol–water partition coefficient (Wildman–Crippen LogP) is 5.98. The molecule has 30 heavy (non-hydrogen) atoms. The van der Waals surface area contributed by atoms with Crippen LogP contribution in [0, 0.1) is 6.92 Å². The van der Waals surface area contributed by atoms with Gasteiger partial charge in [0, 0.05) is 5.56 Å². The van der Waals surface area contributed by atoms with Gasteiger partial charge in [-0.25, -0.2) is 0 Å². The maximum atomic E-state index is 13.0. The third-order valence-electron chi connectivity index (χ3n) is 4.75. The van der Waals surface area contributed by atoms with E-state index < -0.39 is 0 Å². The Labute approximate surface area is 186 Å². The van der Waals surface area contributed by atoms with Crippen LogP contribution in [0.15, 0.2) is 83.8 Å². The second-order valence-corrected chi connectivity index (χ2v) is 8.74. The number of benzene rings is 3. The quantitative estimate of drug-likeness (QED) is 0.355. The lowest BCUT2D eigenvalue weighted by molar-refractivity contribution is -0.122. The van der Waals surface area contributed by atoms with Gasteiger partial charge in [0.25, 0.3) is 5.91 Å². The van der Waals surface area contributed by atoms with Gasteiger partial charge < -0.3 is 4.74 Å². The first-order chi connectivity index (χ1) is 14.6. The fraction of sp³-hybridized carbons (Fsp3) is 0.120. The van der Waals surface area contributed by atoms with Crippen LogP contribution >= 0.6 is 24.0 Å². The second-order valence-electron chi connectivity index (χ2n) is 7.07. The van der Waals surface area contributed by atoms with Crippen LogP contribution < -0.4 is 4.74 Å². The number of aryl methyl sites for hydroxylation is 1. The minimum atomic E-state index is -0.0654. The number of hydrogen-bond acceptors (Lipinski definition) is 4. The molecule has 5 heteroatoms. The van der Waals surface area contributed by atoms with Crippen molar-refractivity contribution >= 4 is 40.3 Å². The Bertz CT molecular complexity index is 1090. The molecule has 0 atom stereocenters. The lowest BCUT2D eigenvalue weighted by Crippen LogP contribution is -2.27. The Kier molecular flexibility index (Phi) is 6.31. The highest BCUT2D eigenvalue weighted by Gasteiger charge is 2.32. The van der Waals surface area contributed by atoms with E-state index in [4.69, 9.17) is 17.0 Å². The van der Waals surface area contributed by atoms with Crippen LogP contribution in [0.5, 0.6) is 5.75 Å². The molecule has 1 saturated heterocycles. The fourth-order valence-corrected chi connectivity index (χ4v) is 4.44. The van der Waals surface area contributed by atoms with Crippen molar-refractivity contribution in [1.29, 1.82) is 0 Å². The lowest BCUT2D eigenvalue weighted by Gasteiger charge is -2.14. The number of amides is 1. The van der Waals surface area contributed by atoms with Gasteiger partial charge in [-0.05, 0) is 36.3 Å². The summed E-state index contributed by atoms with van der Waals surface area (Å²) >= 11 is 6.82. The van der Waals surface area contributed by atoms with Gasteiger partial charge >= 0.3 is 0 Å². The Hall–Kier alpha value is -2.89. The number of thioether (sulfide) groups is 1. The molecule has 3 aromatic rings. The van der Waals surface area contributed by atoms with Crippen molar-refractivity contribution in [3.8, 4) is 5.75 Å². The van der Waals surface area contributed by atoms with Crippen molar-refractivity contribution in [2.45, 2.75) is 20.1 Å². The highest BCUT2D eigenvalue weighted by Crippen LogP contribution is 2.35. The van der Waals surface area contributed by atoms with Gasteiger partial charge in [0.05, 0.1) is 11.4 Å². The van der Waals surface area contributed by atoms with Crippen LogP contribution in [0.2, 0.25) is 0 Å². The average Bonchev–Trinajstić information content (AvgIpc) is 3.02. The predicted molar refractivity (Wildman–Crippen MR) is 127 cm³/mol. The normalized spacial score (nSPS) is 15.1. The molecule has 0 N–H and O–H groups in total. The molecule has 0 bridgehead atoms. The summed E-state index contributed by atoms with van der Waals surface area (Å²) < 4.78 is 6.64. The van der Waals surface area contributed by atoms with Crippen molar-refractivity contribution in [2.75, 3.05) is 0 Å². The van der Waals surface area contributed by atoms with Crippen LogP contribution in [-0.4, -0.2) is 15.1 Å². The van der Waals surface area contributed by atoms with Gasteiger partial charge in [0.2, 0.25) is 0 Å². The number of carbonyl (C=O) groups is 1. The molecule has 150 valence electrons. The summed E-state index contributed by atoms with van der Waals surface area (Å²) in [5, 5.41) is 0. The van der Waals surface area contributed by atoms with Gasteiger partial charge in [0.15, 0.2) is 0 Å². The zero-order chi connectivity index (χ0) is 20.9. The first-order valence-electron chi connectivity index (χ1n) is 9.67. The number of carbonyl (C=O) groups excluding carboxylic acids is 1. The van der Waals surface area contributed by atoms with Gasteiger partial charge in [-0.3, -0.25) is 9.69 Å². The van der Waals surface area contributed by atoms with Crippen molar-refractivity contribution in [1.82, 2.24) is 4.90 Å². The van der Waals surface area contributed by atoms with Crippen LogP contribution in [0.1, 0.15) is 22.3 Å². The molecule has 1 amide bonds. The fourth-order valence-electron chi connectivity index (χ4n) is 3.19. The smallest absolute Gasteiger partial charge is 0.266 e. The monoisotopic (exact) mass is 431 g/mol. The van der Waals surface area contributed by atoms with E-state index in [0.29, 0.717) is 22.4 Å². The molecule has 0 unspecified atom stereocenters. The van der Waals surface area contributed by atoms with E-state index in [2.05, 4.69) is 0 Å². The van der Waals surface area contributed by atoms with Crippen molar-refractivity contribution < 1.29 is 9.53 Å². The zero-order valence-electron chi connectivity index (χ0n) is 16.6. The largest absolute Gasteiger partial charge is 0.488 e. The van der Waals surface area contributed by atoms with E-state index >= 15 is 0 Å². The summed E-state index contributed by atoms with van der Waals surface area (Å²) in [6.07, 6.45) is 1.89. The molecule has 0 aliphatic carbocycles. The van der Waals surface area contributed by atoms with Crippen molar-refractivity contribution in [3.63, 3.8) is 0 Å². The molecule has 3 nitrogen and oxygen atoms in total. The summed E-state index contributed by atoms with van der Waals surface area (Å²) in [6.45, 7) is 2.98. The second kappa shape index (κ2) is 9.28. The Morgan fingerprint density at radius 3 is 2.33 bits per heavy atom. The molecule has 3 aromatic carbocycles. The number of ether oxygens (including phenoxy) is 1. The first-order valence-corrected chi connectivity index (χ1v) is 10.9. The molecule has 1 heterocycles. The molecular weight excluding hydrogens is 410 g/mol. The summed E-state index contributed by atoms with van der Waals surface area (Å²) in [6, 6.07) is 25.9. The van der Waals surface area contributed by atoms with Gasteiger partial charge in [-0.1, -0.05) is 96.3 Å². The molecule has 1 fully saturated rings. The highest BCUT2D eigenvalue weighted by molar-refractivity contribution is 8.26. The number of nitrogens with zero attached hydrogens (tertiary/aromatic N) is 1. The Balaban J connectivity index is 1.55. The van der Waals surface area contributed by atoms with E-state index in [9.17, 15) is 4.79 Å². The topological polar surface area (TPSA) is 29.5 Å². The molecule has 0 radical (unpaired) electrons. The lowest BCUT2D eigenvalue weighted by atomic mass is 10.1. The van der Waals surface area contributed by atoms with Crippen LogP contribution in [0.25, 0.3) is 6.08 Å². The Morgan fingerprint density at radius 2 is 1.63 bits per heavy atom. The molecule has 1 aliphatic heterocycles. The van der Waals surface area contributed by atoms with Crippen LogP contribution in [0.4, 0.5) is 0 Å². The minimum absolute atomic E-state index is 0.0654. The average molecular weight is 432 g/mol. The molecule has 1 aliphatic rings. The SMILES string of the molecule is Cc1ccc(OCc2ccccc2)c(C=C2SC(=S)N(Cc3ccccc3)C2=O)c1. The maximum absolute atomic E-state index is 13.0. The molecule has 4 rings (SSSR count). The summed E-state index contributed by atoms with van der Waals surface area (Å²) in [7, 11) is 0. The molecule has 0 spiro atoms. The van der Waals surface area contributed by atoms with E-state index in [1.807, 2.05) is 91.9 Å². The van der Waals surface area contributed by atoms with E-state index in [1.165, 1.54) is 11.8 Å². The third kappa shape index (κ3) is 4.81. The molecular formula is C25H21NO2S2. The van der Waals surface area contributed by atoms with Crippen molar-refractivity contribution in [3.05, 3.63) is 106 Å². The number of rotatable bonds is 6. The molecule has 0 aromatic heterocycles. The summed E-state index contributed by atoms with van der Waals surface area (Å²) in [4.78, 5) is 15.3. The maximum Gasteiger partial charge on any atom is 0.266 e. The zero-order valence-corrected chi connectivity index (χ0v) is 18.2. The third-order valence-corrected chi connectivity index (χ3v) is 6.12. The summed E-state index contributed by atoms with van der Waals surface area (Å²) in [5.41, 5.74) is 4.13. The highest BCUT2D eigenvalue weighted by atomic mass is 32.2. The van der Waals surface area contributed by atoms with E-state index in [1.54, 1.807) is 4.90 Å². The summed E-state index contributed by atoms with van der Waals surface area (Å²) in [5.74, 6) is 0.683. The van der Waals surface area contributed by atoms with Crippen LogP contribution in [0.3, 0.4) is 0 Å². The Morgan fingerprint density at radius 1 is 0.967 bits per heavy atom. The van der Waals surface area contributed by atoms with E-state index in [0.717, 1.165) is 28.0 Å². The van der Waals surface area contributed by atoms with Gasteiger partial charge in [-0.2, -0.15) is 0 Å². The minimum Gasteiger partial charge on any atom is -0.488 e. The van der Waals surface area contributed by atoms with E-state index in [-0.39, 0.29) is 5.91 Å². The van der Waals surface area contributed by atoms with Gasteiger partial charge in [0.1, 0.15) is 16.7 Å². The standard InChI is InChI=1S/C25H21NO2S2/c1-18-12-13-22(28-17-20-10-6-3-7-11-20)21(14-18)15-23-24(27)26(25(29)30-23)16-19-8-4-2-5-9-19/h2-15H,16-17H2,1H3. The van der Waals surface area contributed by atoms with Crippen molar-refractivity contribution in [2.24, 2.45) is 0 Å². The number of thiocarbonyl (C=S) groups is 1. The first kappa shape index (κ1) is 20.4. The molecule has 0 saturated carbocycles. The number of hydrogen-bond donors (Lipinski definition) is 0. The van der Waals surface area contributed by atoms with Crippen LogP contribution in [-0.2, 0) is 17.9 Å².